The molecule has 1 heterocycles. The lowest BCUT2D eigenvalue weighted by atomic mass is 9.85. The standard InChI is InChI=1S/C32H32Br2N2O3S/c1-3-38-28-18-23(17-26(34)30(28)39-20-22-13-15-24(33)16-14-22)19-29-31(37)36(27-12-8-7-9-21(27)2)32(40-29)35-25-10-5-4-6-11-25/h4-6,10-11,13-19,21,27H,3,7-9,12,20H2,1-2H3/b29-19-,35-32?/t21-,27+/m1/s1. The predicted octanol–water partition coefficient (Wildman–Crippen LogP) is 9.37. The third kappa shape index (κ3) is 6.84. The minimum Gasteiger partial charge on any atom is -0.490 e. The Morgan fingerprint density at radius 2 is 1.77 bits per heavy atom. The molecule has 0 aromatic heterocycles. The summed E-state index contributed by atoms with van der Waals surface area (Å²) in [5, 5.41) is 0.750. The van der Waals surface area contributed by atoms with Crippen LogP contribution in [0, 0.1) is 5.92 Å². The van der Waals surface area contributed by atoms with Gasteiger partial charge in [0.1, 0.15) is 6.61 Å². The van der Waals surface area contributed by atoms with Gasteiger partial charge in [0.2, 0.25) is 0 Å². The fraction of sp³-hybridized carbons (Fsp3) is 0.312. The molecule has 0 spiro atoms. The lowest BCUT2D eigenvalue weighted by molar-refractivity contribution is -0.124. The Hall–Kier alpha value is -2.55. The summed E-state index contributed by atoms with van der Waals surface area (Å²) >= 11 is 8.61. The van der Waals surface area contributed by atoms with Crippen LogP contribution >= 0.6 is 43.6 Å². The first-order chi connectivity index (χ1) is 19.4. The molecule has 1 aliphatic carbocycles. The van der Waals surface area contributed by atoms with Crippen molar-refractivity contribution in [1.82, 2.24) is 4.90 Å². The van der Waals surface area contributed by atoms with E-state index in [1.54, 1.807) is 0 Å². The van der Waals surface area contributed by atoms with Crippen molar-refractivity contribution in [3.8, 4) is 11.5 Å². The van der Waals surface area contributed by atoms with Crippen molar-refractivity contribution >= 4 is 66.5 Å². The van der Waals surface area contributed by atoms with Gasteiger partial charge in [0.15, 0.2) is 16.7 Å². The summed E-state index contributed by atoms with van der Waals surface area (Å²) in [4.78, 5) is 21.4. The molecule has 3 aromatic carbocycles. The van der Waals surface area contributed by atoms with Crippen molar-refractivity contribution in [2.45, 2.75) is 52.2 Å². The molecule has 2 fully saturated rings. The van der Waals surface area contributed by atoms with Crippen molar-refractivity contribution in [1.29, 1.82) is 0 Å². The third-order valence-electron chi connectivity index (χ3n) is 7.14. The Kier molecular flexibility index (Phi) is 9.71. The molecular weight excluding hydrogens is 652 g/mol. The Labute approximate surface area is 257 Å². The number of hydrogen-bond donors (Lipinski definition) is 0. The normalized spacial score (nSPS) is 21.3. The van der Waals surface area contributed by atoms with Gasteiger partial charge in [-0.05, 0) is 107 Å². The highest BCUT2D eigenvalue weighted by atomic mass is 79.9. The van der Waals surface area contributed by atoms with Gasteiger partial charge in [-0.2, -0.15) is 0 Å². The summed E-state index contributed by atoms with van der Waals surface area (Å²) in [7, 11) is 0. The maximum Gasteiger partial charge on any atom is 0.267 e. The van der Waals surface area contributed by atoms with Crippen LogP contribution in [0.25, 0.3) is 6.08 Å². The van der Waals surface area contributed by atoms with Crippen LogP contribution in [0.4, 0.5) is 5.69 Å². The van der Waals surface area contributed by atoms with Gasteiger partial charge in [0, 0.05) is 10.5 Å². The number of carbonyl (C=O) groups is 1. The summed E-state index contributed by atoms with van der Waals surface area (Å²) in [5.74, 6) is 1.72. The van der Waals surface area contributed by atoms with Crippen LogP contribution in [0.15, 0.2) is 85.6 Å². The number of halogens is 2. The SMILES string of the molecule is CCOc1cc(/C=C2\SC(=Nc3ccccc3)N([C@H]3CCCC[C@H]3C)C2=O)cc(Br)c1OCc1ccc(Br)cc1. The van der Waals surface area contributed by atoms with Crippen LogP contribution in [0.3, 0.4) is 0 Å². The van der Waals surface area contributed by atoms with Gasteiger partial charge < -0.3 is 9.47 Å². The van der Waals surface area contributed by atoms with Crippen LogP contribution in [0.1, 0.15) is 50.7 Å². The molecule has 5 nitrogen and oxygen atoms in total. The maximum atomic E-state index is 13.9. The second-order valence-electron chi connectivity index (χ2n) is 10.0. The molecule has 0 bridgehead atoms. The average Bonchev–Trinajstić information content (AvgIpc) is 3.24. The van der Waals surface area contributed by atoms with Gasteiger partial charge in [-0.1, -0.05) is 66.0 Å². The Morgan fingerprint density at radius 1 is 1.02 bits per heavy atom. The van der Waals surface area contributed by atoms with E-state index in [0.29, 0.717) is 35.5 Å². The predicted molar refractivity (Wildman–Crippen MR) is 171 cm³/mol. The number of ether oxygens (including phenoxy) is 2. The molecule has 5 rings (SSSR count). The van der Waals surface area contributed by atoms with E-state index in [1.165, 1.54) is 18.2 Å². The largest absolute Gasteiger partial charge is 0.490 e. The molecule has 0 unspecified atom stereocenters. The van der Waals surface area contributed by atoms with Crippen LogP contribution in [0.5, 0.6) is 11.5 Å². The molecule has 1 saturated carbocycles. The van der Waals surface area contributed by atoms with E-state index in [0.717, 1.165) is 50.2 Å². The van der Waals surface area contributed by atoms with Gasteiger partial charge in [-0.3, -0.25) is 9.69 Å². The molecule has 3 aromatic rings. The van der Waals surface area contributed by atoms with Crippen molar-refractivity contribution in [3.05, 3.63) is 91.7 Å². The number of aliphatic imine (C=N–C) groups is 1. The number of hydrogen-bond acceptors (Lipinski definition) is 5. The molecular formula is C32H32Br2N2O3S. The van der Waals surface area contributed by atoms with E-state index < -0.39 is 0 Å². The second kappa shape index (κ2) is 13.4. The highest BCUT2D eigenvalue weighted by Gasteiger charge is 2.41. The number of amidine groups is 1. The van der Waals surface area contributed by atoms with Crippen molar-refractivity contribution < 1.29 is 14.3 Å². The second-order valence-corrected chi connectivity index (χ2v) is 12.8. The van der Waals surface area contributed by atoms with Crippen LogP contribution in [0.2, 0.25) is 0 Å². The number of amides is 1. The molecule has 1 saturated heterocycles. The van der Waals surface area contributed by atoms with Gasteiger partial charge in [-0.25, -0.2) is 4.99 Å². The minimum absolute atomic E-state index is 0.0167. The first-order valence-electron chi connectivity index (χ1n) is 13.6. The van der Waals surface area contributed by atoms with Crippen molar-refractivity contribution in [2.24, 2.45) is 10.9 Å². The van der Waals surface area contributed by atoms with Gasteiger partial charge in [0.05, 0.1) is 21.7 Å². The Bertz CT molecular complexity index is 1410. The lowest BCUT2D eigenvalue weighted by Gasteiger charge is -2.35. The van der Waals surface area contributed by atoms with E-state index in [2.05, 4.69) is 38.8 Å². The number of para-hydroxylation sites is 1. The first kappa shape index (κ1) is 29.0. The zero-order valence-electron chi connectivity index (χ0n) is 22.6. The zero-order chi connectivity index (χ0) is 28.1. The smallest absolute Gasteiger partial charge is 0.267 e. The van der Waals surface area contributed by atoms with E-state index in [1.807, 2.05) is 84.6 Å². The monoisotopic (exact) mass is 682 g/mol. The van der Waals surface area contributed by atoms with Crippen molar-refractivity contribution in [2.75, 3.05) is 6.61 Å². The van der Waals surface area contributed by atoms with Crippen LogP contribution in [-0.2, 0) is 11.4 Å². The number of thioether (sulfide) groups is 1. The molecule has 2 atom stereocenters. The van der Waals surface area contributed by atoms with Gasteiger partial charge >= 0.3 is 0 Å². The molecule has 8 heteroatoms. The number of carbonyl (C=O) groups excluding carboxylic acids is 1. The van der Waals surface area contributed by atoms with Crippen LogP contribution < -0.4 is 9.47 Å². The van der Waals surface area contributed by atoms with E-state index in [4.69, 9.17) is 14.5 Å². The number of benzene rings is 3. The molecule has 40 heavy (non-hydrogen) atoms. The maximum absolute atomic E-state index is 13.9. The van der Waals surface area contributed by atoms with Crippen molar-refractivity contribution in [3.63, 3.8) is 0 Å². The quantitative estimate of drug-likeness (QED) is 0.222. The topological polar surface area (TPSA) is 51.1 Å². The van der Waals surface area contributed by atoms with E-state index in [-0.39, 0.29) is 11.9 Å². The molecule has 1 aliphatic heterocycles. The third-order valence-corrected chi connectivity index (χ3v) is 9.24. The van der Waals surface area contributed by atoms with Gasteiger partial charge in [-0.15, -0.1) is 0 Å². The van der Waals surface area contributed by atoms with Crippen LogP contribution in [-0.4, -0.2) is 28.6 Å². The fourth-order valence-corrected chi connectivity index (χ4v) is 7.00. The minimum atomic E-state index is 0.0167. The Morgan fingerprint density at radius 3 is 2.50 bits per heavy atom. The summed E-state index contributed by atoms with van der Waals surface area (Å²) in [6.45, 7) is 5.11. The summed E-state index contributed by atoms with van der Waals surface area (Å²) in [6, 6.07) is 22.0. The average molecular weight is 684 g/mol. The van der Waals surface area contributed by atoms with E-state index in [9.17, 15) is 4.79 Å². The molecule has 1 amide bonds. The molecule has 2 aliphatic rings. The number of rotatable bonds is 8. The first-order valence-corrected chi connectivity index (χ1v) is 16.0. The summed E-state index contributed by atoms with van der Waals surface area (Å²) in [6.07, 6.45) is 6.41. The zero-order valence-corrected chi connectivity index (χ0v) is 26.6. The summed E-state index contributed by atoms with van der Waals surface area (Å²) in [5.41, 5.74) is 2.76. The van der Waals surface area contributed by atoms with Gasteiger partial charge in [0.25, 0.3) is 5.91 Å². The Balaban J connectivity index is 1.45. The van der Waals surface area contributed by atoms with E-state index >= 15 is 0 Å². The fourth-order valence-electron chi connectivity index (χ4n) is 5.11. The summed E-state index contributed by atoms with van der Waals surface area (Å²) < 4.78 is 13.9. The highest BCUT2D eigenvalue weighted by Crippen LogP contribution is 2.42. The molecule has 0 radical (unpaired) electrons. The lowest BCUT2D eigenvalue weighted by Crippen LogP contribution is -2.44. The highest BCUT2D eigenvalue weighted by molar-refractivity contribution is 9.10. The number of nitrogens with zero attached hydrogens (tertiary/aromatic N) is 2. The molecule has 0 N–H and O–H groups in total. The molecule has 208 valence electrons.